The van der Waals surface area contributed by atoms with Crippen LogP contribution in [0.2, 0.25) is 0 Å². The average molecular weight is 332 g/mol. The van der Waals surface area contributed by atoms with Gasteiger partial charge in [0, 0.05) is 9.79 Å². The van der Waals surface area contributed by atoms with Gasteiger partial charge in [0.1, 0.15) is 5.75 Å². The third-order valence-corrected chi connectivity index (χ3v) is 4.14. The number of rotatable bonds is 7. The fourth-order valence-electron chi connectivity index (χ4n) is 1.99. The number of carbonyl (C=O) groups excluding carboxylic acids is 1. The molecule has 0 atom stereocenters. The van der Waals surface area contributed by atoms with E-state index in [4.69, 9.17) is 14.6 Å². The second-order valence-electron chi connectivity index (χ2n) is 4.93. The normalized spacial score (nSPS) is 10.4. The standard InChI is InChI=1S/C18H20O4S/c1-3-21-18(20)12-22-17-9-8-16(10-13(17)2)23-15-6-4-14(11-19)5-7-15/h4-10,19H,3,11-12H2,1-2H3. The van der Waals surface area contributed by atoms with Gasteiger partial charge in [-0.2, -0.15) is 0 Å². The minimum absolute atomic E-state index is 0.0521. The Morgan fingerprint density at radius 1 is 1.13 bits per heavy atom. The predicted octanol–water partition coefficient (Wildman–Crippen LogP) is 3.58. The number of aliphatic hydroxyl groups excluding tert-OH is 1. The Morgan fingerprint density at radius 2 is 1.83 bits per heavy atom. The number of carbonyl (C=O) groups is 1. The molecule has 5 heteroatoms. The zero-order chi connectivity index (χ0) is 16.7. The number of benzene rings is 2. The van der Waals surface area contributed by atoms with Gasteiger partial charge >= 0.3 is 5.97 Å². The van der Waals surface area contributed by atoms with Crippen LogP contribution in [0.25, 0.3) is 0 Å². The van der Waals surface area contributed by atoms with Crippen molar-refractivity contribution in [3.05, 3.63) is 53.6 Å². The lowest BCUT2D eigenvalue weighted by atomic mass is 10.2. The largest absolute Gasteiger partial charge is 0.482 e. The van der Waals surface area contributed by atoms with Gasteiger partial charge in [0.15, 0.2) is 6.61 Å². The molecule has 0 amide bonds. The van der Waals surface area contributed by atoms with Crippen LogP contribution in [0, 0.1) is 6.92 Å². The Kier molecular flexibility index (Phi) is 6.50. The van der Waals surface area contributed by atoms with Crippen LogP contribution in [0.3, 0.4) is 0 Å². The zero-order valence-electron chi connectivity index (χ0n) is 13.2. The number of aliphatic hydroxyl groups is 1. The van der Waals surface area contributed by atoms with E-state index in [0.29, 0.717) is 12.4 Å². The summed E-state index contributed by atoms with van der Waals surface area (Å²) in [4.78, 5) is 13.5. The SMILES string of the molecule is CCOC(=O)COc1ccc(Sc2ccc(CO)cc2)cc1C. The smallest absolute Gasteiger partial charge is 0.344 e. The maximum Gasteiger partial charge on any atom is 0.344 e. The molecule has 0 aromatic heterocycles. The fourth-order valence-corrected chi connectivity index (χ4v) is 2.90. The first kappa shape index (κ1) is 17.4. The van der Waals surface area contributed by atoms with Gasteiger partial charge in [-0.05, 0) is 55.3 Å². The van der Waals surface area contributed by atoms with E-state index in [1.54, 1.807) is 18.7 Å². The first-order chi connectivity index (χ1) is 11.1. The summed E-state index contributed by atoms with van der Waals surface area (Å²) in [6, 6.07) is 13.6. The Balaban J connectivity index is 1.99. The lowest BCUT2D eigenvalue weighted by Gasteiger charge is -2.10. The molecule has 0 bridgehead atoms. The van der Waals surface area contributed by atoms with E-state index in [2.05, 4.69) is 0 Å². The Bertz CT molecular complexity index is 653. The second kappa shape index (κ2) is 8.60. The molecular formula is C18H20O4S. The van der Waals surface area contributed by atoms with E-state index in [1.165, 1.54) is 0 Å². The van der Waals surface area contributed by atoms with E-state index in [0.717, 1.165) is 20.9 Å². The minimum atomic E-state index is -0.366. The maximum atomic E-state index is 11.3. The summed E-state index contributed by atoms with van der Waals surface area (Å²) in [5.41, 5.74) is 1.86. The molecule has 0 saturated carbocycles. The van der Waals surface area contributed by atoms with Crippen LogP contribution in [-0.4, -0.2) is 24.3 Å². The van der Waals surface area contributed by atoms with Crippen molar-refractivity contribution in [3.63, 3.8) is 0 Å². The van der Waals surface area contributed by atoms with E-state index in [9.17, 15) is 4.79 Å². The molecule has 0 heterocycles. The number of ether oxygens (including phenoxy) is 2. The molecule has 1 N–H and O–H groups in total. The topological polar surface area (TPSA) is 55.8 Å². The molecule has 2 aromatic carbocycles. The summed E-state index contributed by atoms with van der Waals surface area (Å²) in [5, 5.41) is 9.05. The van der Waals surface area contributed by atoms with Crippen molar-refractivity contribution in [3.8, 4) is 5.75 Å². The number of hydrogen-bond acceptors (Lipinski definition) is 5. The van der Waals surface area contributed by atoms with Gasteiger partial charge in [0.25, 0.3) is 0 Å². The Hall–Kier alpha value is -1.98. The Labute approximate surface area is 140 Å². The van der Waals surface area contributed by atoms with Crippen LogP contribution in [0.1, 0.15) is 18.1 Å². The van der Waals surface area contributed by atoms with Crippen LogP contribution in [0.5, 0.6) is 5.75 Å². The number of hydrogen-bond donors (Lipinski definition) is 1. The summed E-state index contributed by atoms with van der Waals surface area (Å²) in [5.74, 6) is 0.312. The molecule has 0 aliphatic heterocycles. The predicted molar refractivity (Wildman–Crippen MR) is 89.8 cm³/mol. The molecule has 0 aliphatic carbocycles. The highest BCUT2D eigenvalue weighted by Crippen LogP contribution is 2.31. The molecule has 0 radical (unpaired) electrons. The second-order valence-corrected chi connectivity index (χ2v) is 6.07. The molecule has 4 nitrogen and oxygen atoms in total. The van der Waals surface area contributed by atoms with Crippen LogP contribution in [0.4, 0.5) is 0 Å². The highest BCUT2D eigenvalue weighted by Gasteiger charge is 2.07. The molecule has 23 heavy (non-hydrogen) atoms. The van der Waals surface area contributed by atoms with Gasteiger partial charge in [-0.1, -0.05) is 23.9 Å². The molecule has 2 rings (SSSR count). The van der Waals surface area contributed by atoms with Crippen LogP contribution in [0.15, 0.2) is 52.3 Å². The van der Waals surface area contributed by atoms with Gasteiger partial charge in [-0.15, -0.1) is 0 Å². The van der Waals surface area contributed by atoms with E-state index in [1.807, 2.05) is 49.4 Å². The highest BCUT2D eigenvalue weighted by molar-refractivity contribution is 7.99. The molecule has 0 unspecified atom stereocenters. The van der Waals surface area contributed by atoms with Gasteiger partial charge in [-0.25, -0.2) is 4.79 Å². The summed E-state index contributed by atoms with van der Waals surface area (Å²) in [6.07, 6.45) is 0. The summed E-state index contributed by atoms with van der Waals surface area (Å²) in [6.45, 7) is 4.04. The third-order valence-electron chi connectivity index (χ3n) is 3.14. The summed E-state index contributed by atoms with van der Waals surface area (Å²) in [7, 11) is 0. The molecule has 2 aromatic rings. The molecule has 122 valence electrons. The third kappa shape index (κ3) is 5.30. The maximum absolute atomic E-state index is 11.3. The Morgan fingerprint density at radius 3 is 2.43 bits per heavy atom. The molecule has 0 fully saturated rings. The van der Waals surface area contributed by atoms with Crippen molar-refractivity contribution >= 4 is 17.7 Å². The molecule has 0 saturated heterocycles. The monoisotopic (exact) mass is 332 g/mol. The van der Waals surface area contributed by atoms with E-state index < -0.39 is 0 Å². The van der Waals surface area contributed by atoms with E-state index in [-0.39, 0.29) is 19.2 Å². The number of esters is 1. The lowest BCUT2D eigenvalue weighted by Crippen LogP contribution is -2.14. The van der Waals surface area contributed by atoms with Crippen molar-refractivity contribution in [1.29, 1.82) is 0 Å². The molecule has 0 aliphatic rings. The van der Waals surface area contributed by atoms with Crippen molar-refractivity contribution < 1.29 is 19.4 Å². The van der Waals surface area contributed by atoms with Gasteiger partial charge in [0.2, 0.25) is 0 Å². The van der Waals surface area contributed by atoms with Crippen molar-refractivity contribution in [2.75, 3.05) is 13.2 Å². The van der Waals surface area contributed by atoms with Crippen molar-refractivity contribution in [2.24, 2.45) is 0 Å². The zero-order valence-corrected chi connectivity index (χ0v) is 14.1. The van der Waals surface area contributed by atoms with Crippen LogP contribution >= 0.6 is 11.8 Å². The van der Waals surface area contributed by atoms with Gasteiger partial charge < -0.3 is 14.6 Å². The summed E-state index contributed by atoms with van der Waals surface area (Å²) < 4.78 is 10.3. The van der Waals surface area contributed by atoms with Crippen molar-refractivity contribution in [2.45, 2.75) is 30.2 Å². The summed E-state index contributed by atoms with van der Waals surface area (Å²) >= 11 is 1.63. The quantitative estimate of drug-likeness (QED) is 0.786. The fraction of sp³-hybridized carbons (Fsp3) is 0.278. The minimum Gasteiger partial charge on any atom is -0.482 e. The van der Waals surface area contributed by atoms with E-state index >= 15 is 0 Å². The first-order valence-electron chi connectivity index (χ1n) is 7.39. The first-order valence-corrected chi connectivity index (χ1v) is 8.20. The number of aryl methyl sites for hydroxylation is 1. The molecular weight excluding hydrogens is 312 g/mol. The van der Waals surface area contributed by atoms with Gasteiger partial charge in [0.05, 0.1) is 13.2 Å². The van der Waals surface area contributed by atoms with Crippen molar-refractivity contribution in [1.82, 2.24) is 0 Å². The van der Waals surface area contributed by atoms with Crippen LogP contribution < -0.4 is 4.74 Å². The van der Waals surface area contributed by atoms with Crippen LogP contribution in [-0.2, 0) is 16.1 Å². The van der Waals surface area contributed by atoms with Gasteiger partial charge in [-0.3, -0.25) is 0 Å². The molecule has 0 spiro atoms. The lowest BCUT2D eigenvalue weighted by molar-refractivity contribution is -0.145. The average Bonchev–Trinajstić information content (AvgIpc) is 2.55. The highest BCUT2D eigenvalue weighted by atomic mass is 32.2.